The van der Waals surface area contributed by atoms with Gasteiger partial charge in [0.1, 0.15) is 17.3 Å². The van der Waals surface area contributed by atoms with E-state index in [0.29, 0.717) is 17.7 Å². The molecule has 6 nitrogen and oxygen atoms in total. The van der Waals surface area contributed by atoms with Crippen LogP contribution in [0.5, 0.6) is 5.75 Å². The summed E-state index contributed by atoms with van der Waals surface area (Å²) in [5.41, 5.74) is 7.63. The first-order valence-electron chi connectivity index (χ1n) is 5.93. The number of anilines is 1. The molecule has 5 N–H and O–H groups in total. The van der Waals surface area contributed by atoms with Crippen molar-refractivity contribution in [2.75, 3.05) is 5.32 Å². The first-order chi connectivity index (χ1) is 9.60. The first kappa shape index (κ1) is 13.5. The molecule has 0 amide bonds. The molecular weight excluding hydrogens is 256 g/mol. The van der Waals surface area contributed by atoms with Gasteiger partial charge in [0, 0.05) is 23.4 Å². The number of nitrogens with one attached hydrogen (secondary N) is 2. The van der Waals surface area contributed by atoms with Crippen LogP contribution in [0.4, 0.5) is 11.4 Å². The van der Waals surface area contributed by atoms with Crippen molar-refractivity contribution in [2.45, 2.75) is 6.54 Å². The van der Waals surface area contributed by atoms with Crippen LogP contribution in [0.1, 0.15) is 11.1 Å². The molecule has 0 bridgehead atoms. The number of nitrogens with zero attached hydrogens (tertiary/aromatic N) is 1. The van der Waals surface area contributed by atoms with E-state index in [-0.39, 0.29) is 17.3 Å². The Balaban J connectivity index is 2.14. The maximum atomic E-state index is 10.5. The van der Waals surface area contributed by atoms with E-state index in [4.69, 9.17) is 11.1 Å². The molecule has 0 heterocycles. The fraction of sp³-hybridized carbons (Fsp3) is 0.0714. The van der Waals surface area contributed by atoms with E-state index in [9.17, 15) is 10.0 Å². The van der Waals surface area contributed by atoms with Gasteiger partial charge in [0.05, 0.1) is 0 Å². The fourth-order valence-corrected chi connectivity index (χ4v) is 1.76. The Morgan fingerprint density at radius 2 is 2.10 bits per heavy atom. The number of benzene rings is 2. The van der Waals surface area contributed by atoms with Crippen LogP contribution in [0.2, 0.25) is 0 Å². The van der Waals surface area contributed by atoms with Gasteiger partial charge in [0.25, 0.3) is 0 Å². The van der Waals surface area contributed by atoms with E-state index < -0.39 is 0 Å². The number of nitrogen functional groups attached to an aromatic ring is 1. The normalized spacial score (nSPS) is 10.0. The number of hydrogen-bond acceptors (Lipinski definition) is 5. The Morgan fingerprint density at radius 1 is 1.30 bits per heavy atom. The molecule has 0 fully saturated rings. The van der Waals surface area contributed by atoms with Gasteiger partial charge in [-0.15, -0.1) is 4.91 Å². The lowest BCUT2D eigenvalue weighted by molar-refractivity contribution is 0.469. The second-order valence-corrected chi connectivity index (χ2v) is 4.25. The highest BCUT2D eigenvalue weighted by Gasteiger charge is 2.04. The third-order valence-electron chi connectivity index (χ3n) is 2.83. The monoisotopic (exact) mass is 270 g/mol. The zero-order valence-corrected chi connectivity index (χ0v) is 10.6. The molecule has 2 aromatic carbocycles. The van der Waals surface area contributed by atoms with E-state index in [2.05, 4.69) is 10.5 Å². The lowest BCUT2D eigenvalue weighted by Crippen LogP contribution is -2.11. The third-order valence-corrected chi connectivity index (χ3v) is 2.83. The summed E-state index contributed by atoms with van der Waals surface area (Å²) in [5.74, 6) is 0.0799. The minimum Gasteiger partial charge on any atom is -0.508 e. The SMILES string of the molecule is N=C(N)c1cccc(NCc2cc(N=O)ccc2O)c1. The van der Waals surface area contributed by atoms with Crippen molar-refractivity contribution in [3.05, 3.63) is 58.5 Å². The van der Waals surface area contributed by atoms with Crippen LogP contribution in [0.3, 0.4) is 0 Å². The van der Waals surface area contributed by atoms with Crippen LogP contribution in [0, 0.1) is 10.3 Å². The first-order valence-corrected chi connectivity index (χ1v) is 5.93. The predicted octanol–water partition coefficient (Wildman–Crippen LogP) is 2.69. The maximum absolute atomic E-state index is 10.5. The zero-order chi connectivity index (χ0) is 14.5. The topological polar surface area (TPSA) is 112 Å². The second kappa shape index (κ2) is 5.83. The number of nitroso groups, excluding NO2 is 1. The van der Waals surface area contributed by atoms with Gasteiger partial charge in [-0.25, -0.2) is 0 Å². The van der Waals surface area contributed by atoms with Crippen LogP contribution in [-0.2, 0) is 6.54 Å². The number of hydrogen-bond donors (Lipinski definition) is 4. The quantitative estimate of drug-likeness (QED) is 0.380. The Labute approximate surface area is 115 Å². The smallest absolute Gasteiger partial charge is 0.122 e. The van der Waals surface area contributed by atoms with Crippen molar-refractivity contribution >= 4 is 17.2 Å². The Morgan fingerprint density at radius 3 is 2.80 bits per heavy atom. The zero-order valence-electron chi connectivity index (χ0n) is 10.6. The molecule has 0 saturated heterocycles. The fourth-order valence-electron chi connectivity index (χ4n) is 1.76. The molecule has 2 aromatic rings. The molecule has 0 aliphatic rings. The van der Waals surface area contributed by atoms with Crippen molar-refractivity contribution in [1.29, 1.82) is 5.41 Å². The molecular formula is C14H14N4O2. The number of nitrogens with two attached hydrogens (primary N) is 1. The van der Waals surface area contributed by atoms with Crippen LogP contribution < -0.4 is 11.1 Å². The number of rotatable bonds is 5. The summed E-state index contributed by atoms with van der Waals surface area (Å²) in [6.45, 7) is 0.330. The molecule has 0 saturated carbocycles. The lowest BCUT2D eigenvalue weighted by atomic mass is 10.1. The Kier molecular flexibility index (Phi) is 3.95. The summed E-state index contributed by atoms with van der Waals surface area (Å²) in [6.07, 6.45) is 0. The maximum Gasteiger partial charge on any atom is 0.122 e. The van der Waals surface area contributed by atoms with E-state index in [0.717, 1.165) is 5.69 Å². The van der Waals surface area contributed by atoms with Crippen LogP contribution in [0.25, 0.3) is 0 Å². The highest BCUT2D eigenvalue weighted by Crippen LogP contribution is 2.24. The predicted molar refractivity (Wildman–Crippen MR) is 78.3 cm³/mol. The highest BCUT2D eigenvalue weighted by atomic mass is 16.3. The molecule has 0 aliphatic carbocycles. The van der Waals surface area contributed by atoms with Gasteiger partial charge >= 0.3 is 0 Å². The number of phenols is 1. The average molecular weight is 270 g/mol. The van der Waals surface area contributed by atoms with Crippen LogP contribution >= 0.6 is 0 Å². The van der Waals surface area contributed by atoms with Crippen molar-refractivity contribution in [3.63, 3.8) is 0 Å². The average Bonchev–Trinajstić information content (AvgIpc) is 2.46. The Bertz CT molecular complexity index is 655. The van der Waals surface area contributed by atoms with Crippen molar-refractivity contribution < 1.29 is 5.11 Å². The highest BCUT2D eigenvalue weighted by molar-refractivity contribution is 5.95. The summed E-state index contributed by atoms with van der Waals surface area (Å²) in [6, 6.07) is 11.5. The molecule has 0 aliphatic heterocycles. The second-order valence-electron chi connectivity index (χ2n) is 4.25. The van der Waals surface area contributed by atoms with Crippen molar-refractivity contribution in [3.8, 4) is 5.75 Å². The number of amidine groups is 1. The molecule has 0 atom stereocenters. The third kappa shape index (κ3) is 3.11. The number of phenolic OH excluding ortho intramolecular Hbond substituents is 1. The molecule has 0 aromatic heterocycles. The van der Waals surface area contributed by atoms with Gasteiger partial charge in [-0.05, 0) is 35.5 Å². The van der Waals surface area contributed by atoms with Gasteiger partial charge in [-0.2, -0.15) is 0 Å². The van der Waals surface area contributed by atoms with E-state index in [1.54, 1.807) is 18.2 Å². The summed E-state index contributed by atoms with van der Waals surface area (Å²) < 4.78 is 0. The minimum absolute atomic E-state index is 0.0105. The molecule has 6 heteroatoms. The Hall–Kier alpha value is -2.89. The van der Waals surface area contributed by atoms with Gasteiger partial charge in [0.2, 0.25) is 0 Å². The van der Waals surface area contributed by atoms with E-state index in [1.807, 2.05) is 6.07 Å². The van der Waals surface area contributed by atoms with Gasteiger partial charge in [0.15, 0.2) is 0 Å². The van der Waals surface area contributed by atoms with Crippen molar-refractivity contribution in [1.82, 2.24) is 0 Å². The molecule has 0 unspecified atom stereocenters. The van der Waals surface area contributed by atoms with Gasteiger partial charge in [-0.1, -0.05) is 12.1 Å². The lowest BCUT2D eigenvalue weighted by Gasteiger charge is -2.09. The standard InChI is InChI=1S/C14H14N4O2/c15-14(16)9-2-1-3-11(6-9)17-8-10-7-12(18-20)4-5-13(10)19/h1-7,17,19H,8H2,(H3,15,16). The summed E-state index contributed by atoms with van der Waals surface area (Å²) in [4.78, 5) is 10.5. The van der Waals surface area contributed by atoms with Crippen LogP contribution in [-0.4, -0.2) is 10.9 Å². The molecule has 2 rings (SSSR count). The molecule has 20 heavy (non-hydrogen) atoms. The largest absolute Gasteiger partial charge is 0.508 e. The number of aromatic hydroxyl groups is 1. The van der Waals surface area contributed by atoms with Crippen molar-refractivity contribution in [2.24, 2.45) is 10.9 Å². The molecule has 102 valence electrons. The van der Waals surface area contributed by atoms with E-state index >= 15 is 0 Å². The van der Waals surface area contributed by atoms with E-state index in [1.165, 1.54) is 18.2 Å². The summed E-state index contributed by atoms with van der Waals surface area (Å²) >= 11 is 0. The van der Waals surface area contributed by atoms with Gasteiger partial charge < -0.3 is 16.2 Å². The molecule has 0 spiro atoms. The summed E-state index contributed by atoms with van der Waals surface area (Å²) in [7, 11) is 0. The summed E-state index contributed by atoms with van der Waals surface area (Å²) in [5, 5.41) is 23.0. The van der Waals surface area contributed by atoms with Gasteiger partial charge in [-0.3, -0.25) is 5.41 Å². The molecule has 0 radical (unpaired) electrons. The minimum atomic E-state index is -0.0105. The van der Waals surface area contributed by atoms with Crippen LogP contribution in [0.15, 0.2) is 47.6 Å².